The number of carbonyl (C=O) groups is 3. The summed E-state index contributed by atoms with van der Waals surface area (Å²) in [6.45, 7) is -0.563. The lowest BCUT2D eigenvalue weighted by molar-refractivity contribution is -0.147. The van der Waals surface area contributed by atoms with Gasteiger partial charge >= 0.3 is 5.97 Å². The largest absolute Gasteiger partial charge is 0.480 e. The summed E-state index contributed by atoms with van der Waals surface area (Å²) >= 11 is 0. The highest BCUT2D eigenvalue weighted by Gasteiger charge is 2.39. The quantitative estimate of drug-likeness (QED) is 0.651. The Morgan fingerprint density at radius 2 is 1.67 bits per heavy atom. The second-order valence-corrected chi connectivity index (χ2v) is 3.40. The van der Waals surface area contributed by atoms with Crippen LogP contribution in [0.4, 0.5) is 0 Å². The second-order valence-electron chi connectivity index (χ2n) is 3.40. The molecule has 2 aliphatic rings. The lowest BCUT2D eigenvalue weighted by Gasteiger charge is -2.08. The fourth-order valence-corrected chi connectivity index (χ4v) is 1.74. The molecular weight excluding hydrogens is 198 g/mol. The highest BCUT2D eigenvalue weighted by atomic mass is 16.4. The number of rotatable bonds is 2. The van der Waals surface area contributed by atoms with Crippen molar-refractivity contribution < 1.29 is 19.5 Å². The van der Waals surface area contributed by atoms with Crippen molar-refractivity contribution in [1.29, 1.82) is 0 Å². The Balaban J connectivity index is 2.34. The Kier molecular flexibility index (Phi) is 2.15. The minimum atomic E-state index is -1.18. The van der Waals surface area contributed by atoms with Crippen LogP contribution in [0.3, 0.4) is 0 Å². The molecule has 1 N–H and O–H groups in total. The van der Waals surface area contributed by atoms with E-state index < -0.39 is 24.3 Å². The van der Waals surface area contributed by atoms with E-state index in [1.165, 1.54) is 0 Å². The van der Waals surface area contributed by atoms with Crippen molar-refractivity contribution >= 4 is 17.8 Å². The maximum Gasteiger partial charge on any atom is 0.323 e. The van der Waals surface area contributed by atoms with Crippen LogP contribution in [0, 0.1) is 0 Å². The number of allylic oxidation sites excluding steroid dienone is 2. The highest BCUT2D eigenvalue weighted by molar-refractivity contribution is 6.25. The van der Waals surface area contributed by atoms with Gasteiger partial charge in [-0.3, -0.25) is 19.3 Å². The van der Waals surface area contributed by atoms with Gasteiger partial charge in [-0.25, -0.2) is 0 Å². The molecule has 0 atom stereocenters. The molecule has 5 heteroatoms. The van der Waals surface area contributed by atoms with Gasteiger partial charge in [0, 0.05) is 11.1 Å². The first-order valence-electron chi connectivity index (χ1n) is 4.60. The summed E-state index contributed by atoms with van der Waals surface area (Å²) in [5.41, 5.74) is 0.708. The molecule has 15 heavy (non-hydrogen) atoms. The molecule has 0 unspecified atom stereocenters. The van der Waals surface area contributed by atoms with E-state index in [1.807, 2.05) is 0 Å². The fourth-order valence-electron chi connectivity index (χ4n) is 1.74. The third-order valence-corrected chi connectivity index (χ3v) is 2.40. The molecule has 0 spiro atoms. The SMILES string of the molecule is O=C(O)CN1C(=O)C2=CCCC=C2C1=O. The van der Waals surface area contributed by atoms with Crippen molar-refractivity contribution in [2.45, 2.75) is 12.8 Å². The Morgan fingerprint density at radius 1 is 1.20 bits per heavy atom. The van der Waals surface area contributed by atoms with Crippen molar-refractivity contribution in [3.63, 3.8) is 0 Å². The van der Waals surface area contributed by atoms with Gasteiger partial charge in [0.25, 0.3) is 11.8 Å². The van der Waals surface area contributed by atoms with Crippen molar-refractivity contribution in [3.8, 4) is 0 Å². The molecule has 1 heterocycles. The van der Waals surface area contributed by atoms with Gasteiger partial charge < -0.3 is 5.11 Å². The van der Waals surface area contributed by atoms with E-state index in [4.69, 9.17) is 5.11 Å². The number of fused-ring (bicyclic) bond motifs is 1. The van der Waals surface area contributed by atoms with Crippen LogP contribution in [0.25, 0.3) is 0 Å². The lowest BCUT2D eigenvalue weighted by atomic mass is 10.0. The van der Waals surface area contributed by atoms with E-state index in [2.05, 4.69) is 0 Å². The highest BCUT2D eigenvalue weighted by Crippen LogP contribution is 2.28. The topological polar surface area (TPSA) is 74.7 Å². The Bertz CT molecular complexity index is 387. The summed E-state index contributed by atoms with van der Waals surface area (Å²) in [6.07, 6.45) is 4.83. The zero-order valence-electron chi connectivity index (χ0n) is 7.90. The monoisotopic (exact) mass is 207 g/mol. The van der Waals surface area contributed by atoms with Gasteiger partial charge in [-0.05, 0) is 12.8 Å². The van der Waals surface area contributed by atoms with Crippen LogP contribution in [-0.2, 0) is 14.4 Å². The normalized spacial score (nSPS) is 19.9. The van der Waals surface area contributed by atoms with Gasteiger partial charge in [-0.1, -0.05) is 12.2 Å². The molecule has 1 aliphatic heterocycles. The van der Waals surface area contributed by atoms with Crippen molar-refractivity contribution in [2.75, 3.05) is 6.54 Å². The second kappa shape index (κ2) is 3.34. The lowest BCUT2D eigenvalue weighted by Crippen LogP contribution is -2.34. The van der Waals surface area contributed by atoms with Gasteiger partial charge in [-0.15, -0.1) is 0 Å². The number of carbonyl (C=O) groups excluding carboxylic acids is 2. The van der Waals surface area contributed by atoms with E-state index in [9.17, 15) is 14.4 Å². The maximum absolute atomic E-state index is 11.6. The standard InChI is InChI=1S/C10H9NO4/c12-8(13)5-11-9(14)6-3-1-2-4-7(6)10(11)15/h3-4H,1-2,5H2,(H,12,13). The van der Waals surface area contributed by atoms with Crippen LogP contribution >= 0.6 is 0 Å². The average molecular weight is 207 g/mol. The van der Waals surface area contributed by atoms with Crippen LogP contribution < -0.4 is 0 Å². The summed E-state index contributed by atoms with van der Waals surface area (Å²) in [6, 6.07) is 0. The van der Waals surface area contributed by atoms with E-state index in [-0.39, 0.29) is 0 Å². The molecule has 1 aliphatic carbocycles. The molecule has 0 aromatic heterocycles. The zero-order valence-corrected chi connectivity index (χ0v) is 7.90. The first-order valence-corrected chi connectivity index (χ1v) is 4.60. The Labute approximate surface area is 85.7 Å². The molecule has 1 saturated heterocycles. The molecule has 1 fully saturated rings. The number of imide groups is 1. The summed E-state index contributed by atoms with van der Waals surface area (Å²) in [4.78, 5) is 34.5. The number of hydrogen-bond acceptors (Lipinski definition) is 3. The summed E-state index contributed by atoms with van der Waals surface area (Å²) < 4.78 is 0. The van der Waals surface area contributed by atoms with Gasteiger partial charge in [0.05, 0.1) is 0 Å². The summed E-state index contributed by atoms with van der Waals surface area (Å²) in [5, 5.41) is 8.56. The average Bonchev–Trinajstić information content (AvgIpc) is 2.44. The van der Waals surface area contributed by atoms with Gasteiger partial charge in [0.15, 0.2) is 0 Å². The predicted octanol–water partition coefficient (Wildman–Crippen LogP) is 0.0864. The summed E-state index contributed by atoms with van der Waals surface area (Å²) in [5.74, 6) is -2.17. The van der Waals surface area contributed by atoms with Crippen molar-refractivity contribution in [3.05, 3.63) is 23.3 Å². The number of nitrogens with zero attached hydrogens (tertiary/aromatic N) is 1. The maximum atomic E-state index is 11.6. The van der Waals surface area contributed by atoms with Gasteiger partial charge in [0.1, 0.15) is 6.54 Å². The van der Waals surface area contributed by atoms with Crippen LogP contribution in [0.15, 0.2) is 23.3 Å². The molecule has 0 aromatic rings. The van der Waals surface area contributed by atoms with Crippen LogP contribution in [0.2, 0.25) is 0 Å². The molecule has 78 valence electrons. The van der Waals surface area contributed by atoms with Gasteiger partial charge in [0.2, 0.25) is 0 Å². The zero-order chi connectivity index (χ0) is 11.0. The molecule has 0 saturated carbocycles. The first kappa shape index (κ1) is 9.64. The van der Waals surface area contributed by atoms with E-state index in [0.29, 0.717) is 11.1 Å². The van der Waals surface area contributed by atoms with Crippen molar-refractivity contribution in [2.24, 2.45) is 0 Å². The number of carboxylic acids is 1. The summed E-state index contributed by atoms with van der Waals surface area (Å²) in [7, 11) is 0. The molecule has 0 aromatic carbocycles. The minimum Gasteiger partial charge on any atom is -0.480 e. The molecule has 2 rings (SSSR count). The number of carboxylic acid groups (broad SMARTS) is 1. The van der Waals surface area contributed by atoms with Crippen LogP contribution in [0.5, 0.6) is 0 Å². The molecule has 0 bridgehead atoms. The number of aliphatic carboxylic acids is 1. The molecule has 5 nitrogen and oxygen atoms in total. The Hall–Kier alpha value is -1.91. The first-order chi connectivity index (χ1) is 7.11. The van der Waals surface area contributed by atoms with E-state index in [0.717, 1.165) is 17.7 Å². The van der Waals surface area contributed by atoms with E-state index in [1.54, 1.807) is 12.2 Å². The third kappa shape index (κ3) is 1.45. The molecular formula is C10H9NO4. The van der Waals surface area contributed by atoms with Crippen LogP contribution in [0.1, 0.15) is 12.8 Å². The van der Waals surface area contributed by atoms with Crippen molar-refractivity contribution in [1.82, 2.24) is 4.90 Å². The Morgan fingerprint density at radius 3 is 2.07 bits per heavy atom. The number of amides is 2. The van der Waals surface area contributed by atoms with E-state index >= 15 is 0 Å². The van der Waals surface area contributed by atoms with Gasteiger partial charge in [-0.2, -0.15) is 0 Å². The number of hydrogen-bond donors (Lipinski definition) is 1. The fraction of sp³-hybridized carbons (Fsp3) is 0.300. The molecule has 2 amide bonds. The third-order valence-electron chi connectivity index (χ3n) is 2.40. The smallest absolute Gasteiger partial charge is 0.323 e. The minimum absolute atomic E-state index is 0.354. The van der Waals surface area contributed by atoms with Crippen LogP contribution in [-0.4, -0.2) is 34.3 Å². The predicted molar refractivity (Wildman–Crippen MR) is 49.8 cm³/mol. The number of likely N-dealkylation sites (tertiary alicyclic amines) is 1. The molecule has 0 radical (unpaired) electrons.